The monoisotopic (exact) mass is 304 g/mol. The second kappa shape index (κ2) is 6.60. The van der Waals surface area contributed by atoms with Crippen LogP contribution in [-0.4, -0.2) is 47.7 Å². The Labute approximate surface area is 131 Å². The first kappa shape index (κ1) is 15.2. The molecule has 2 aliphatic heterocycles. The third-order valence-corrected chi connectivity index (χ3v) is 4.53. The Kier molecular flexibility index (Phi) is 4.57. The Bertz CT molecular complexity index is 509. The van der Waals surface area contributed by atoms with Gasteiger partial charge in [0.15, 0.2) is 0 Å². The minimum absolute atomic E-state index is 0.0918. The fourth-order valence-electron chi connectivity index (χ4n) is 3.12. The number of anilines is 1. The molecule has 0 radical (unpaired) electrons. The lowest BCUT2D eigenvalue weighted by atomic mass is 9.91. The number of rotatable bonds is 3. The van der Waals surface area contributed by atoms with Crippen LogP contribution in [0, 0.1) is 0 Å². The van der Waals surface area contributed by atoms with Crippen molar-refractivity contribution in [1.29, 1.82) is 0 Å². The molecule has 120 valence electrons. The number of hydrogen-bond donors (Lipinski definition) is 1. The van der Waals surface area contributed by atoms with Crippen LogP contribution >= 0.6 is 0 Å². The highest BCUT2D eigenvalue weighted by atomic mass is 16.5. The van der Waals surface area contributed by atoms with Crippen molar-refractivity contribution in [3.63, 3.8) is 0 Å². The van der Waals surface area contributed by atoms with E-state index >= 15 is 0 Å². The molecular weight excluding hydrogens is 280 g/mol. The van der Waals surface area contributed by atoms with Gasteiger partial charge in [-0.3, -0.25) is 4.79 Å². The first-order valence-electron chi connectivity index (χ1n) is 8.17. The molecule has 1 aromatic heterocycles. The maximum absolute atomic E-state index is 11.5. The second-order valence-electron chi connectivity index (χ2n) is 6.19. The first-order valence-corrected chi connectivity index (χ1v) is 8.17. The number of aryl methyl sites for hydroxylation is 1. The minimum Gasteiger partial charge on any atom is -0.372 e. The van der Waals surface area contributed by atoms with Crippen molar-refractivity contribution in [1.82, 2.24) is 15.3 Å². The number of carbonyl (C=O) groups excluding carboxylic acids is 1. The van der Waals surface area contributed by atoms with Gasteiger partial charge in [-0.05, 0) is 24.8 Å². The van der Waals surface area contributed by atoms with Gasteiger partial charge in [0.2, 0.25) is 11.9 Å². The molecule has 2 fully saturated rings. The smallest absolute Gasteiger partial charge is 0.225 e. The largest absolute Gasteiger partial charge is 0.372 e. The highest BCUT2D eigenvalue weighted by Gasteiger charge is 2.38. The van der Waals surface area contributed by atoms with Gasteiger partial charge < -0.3 is 15.0 Å². The maximum atomic E-state index is 11.5. The van der Waals surface area contributed by atoms with Crippen LogP contribution in [-0.2, 0) is 16.0 Å². The zero-order chi connectivity index (χ0) is 15.4. The normalized spacial score (nSPS) is 21.5. The number of nitrogens with zero attached hydrogens (tertiary/aromatic N) is 3. The molecule has 6 nitrogen and oxygen atoms in total. The molecule has 2 saturated heterocycles. The average Bonchev–Trinajstić information content (AvgIpc) is 2.72. The molecule has 3 rings (SSSR count). The summed E-state index contributed by atoms with van der Waals surface area (Å²) in [7, 11) is 0. The Morgan fingerprint density at radius 3 is 2.73 bits per heavy atom. The summed E-state index contributed by atoms with van der Waals surface area (Å²) in [6, 6.07) is 0. The summed E-state index contributed by atoms with van der Waals surface area (Å²) in [5, 5.41) is 2.97. The van der Waals surface area contributed by atoms with Crippen LogP contribution in [0.15, 0.2) is 12.4 Å². The molecular formula is C16H24N4O2. The third-order valence-electron chi connectivity index (χ3n) is 4.53. The quantitative estimate of drug-likeness (QED) is 0.912. The highest BCUT2D eigenvalue weighted by Crippen LogP contribution is 2.28. The van der Waals surface area contributed by atoms with Gasteiger partial charge in [-0.1, -0.05) is 13.3 Å². The average molecular weight is 304 g/mol. The van der Waals surface area contributed by atoms with E-state index in [-0.39, 0.29) is 11.5 Å². The molecule has 0 aromatic carbocycles. The predicted molar refractivity (Wildman–Crippen MR) is 83.8 cm³/mol. The third kappa shape index (κ3) is 3.38. The fourth-order valence-corrected chi connectivity index (χ4v) is 3.12. The molecule has 0 bridgehead atoms. The molecule has 22 heavy (non-hydrogen) atoms. The molecule has 0 saturated carbocycles. The Hall–Kier alpha value is -1.69. The summed E-state index contributed by atoms with van der Waals surface area (Å²) >= 11 is 0. The van der Waals surface area contributed by atoms with Crippen LogP contribution in [0.4, 0.5) is 5.95 Å². The number of ether oxygens (including phenoxy) is 1. The summed E-state index contributed by atoms with van der Waals surface area (Å²) in [5.74, 6) is 0.890. The predicted octanol–water partition coefficient (Wildman–Crippen LogP) is 1.30. The van der Waals surface area contributed by atoms with Crippen LogP contribution in [0.25, 0.3) is 0 Å². The first-order chi connectivity index (χ1) is 10.7. The van der Waals surface area contributed by atoms with E-state index in [2.05, 4.69) is 27.1 Å². The Morgan fingerprint density at radius 2 is 2.05 bits per heavy atom. The number of amides is 1. The Morgan fingerprint density at radius 1 is 1.32 bits per heavy atom. The molecule has 1 N–H and O–H groups in total. The number of nitrogens with one attached hydrogen (secondary N) is 1. The molecule has 0 atom stereocenters. The van der Waals surface area contributed by atoms with Crippen molar-refractivity contribution in [2.75, 3.05) is 31.1 Å². The van der Waals surface area contributed by atoms with Gasteiger partial charge in [-0.25, -0.2) is 9.97 Å². The molecule has 3 heterocycles. The van der Waals surface area contributed by atoms with E-state index in [1.54, 1.807) is 0 Å². The van der Waals surface area contributed by atoms with Crippen molar-refractivity contribution >= 4 is 11.9 Å². The lowest BCUT2D eigenvalue weighted by Gasteiger charge is -2.40. The van der Waals surface area contributed by atoms with Gasteiger partial charge in [0, 0.05) is 38.4 Å². The van der Waals surface area contributed by atoms with Gasteiger partial charge in [0.25, 0.3) is 0 Å². The van der Waals surface area contributed by atoms with Gasteiger partial charge >= 0.3 is 0 Å². The van der Waals surface area contributed by atoms with Gasteiger partial charge in [0.05, 0.1) is 12.2 Å². The molecule has 0 aliphatic carbocycles. The van der Waals surface area contributed by atoms with Gasteiger partial charge in [-0.2, -0.15) is 0 Å². The summed E-state index contributed by atoms with van der Waals surface area (Å²) in [5.41, 5.74) is 0.986. The van der Waals surface area contributed by atoms with E-state index in [9.17, 15) is 4.79 Å². The standard InChI is InChI=1S/C16H24N4O2/c1-2-3-13-10-17-15(18-11-13)20-7-5-16(6-8-20)12-19-14(21)4-9-22-16/h10-11H,2-9,12H2,1H3,(H,19,21). The van der Waals surface area contributed by atoms with E-state index in [1.807, 2.05) is 12.4 Å². The van der Waals surface area contributed by atoms with Crippen molar-refractivity contribution in [3.8, 4) is 0 Å². The molecule has 6 heteroatoms. The number of piperidine rings is 1. The second-order valence-corrected chi connectivity index (χ2v) is 6.19. The maximum Gasteiger partial charge on any atom is 0.225 e. The summed E-state index contributed by atoms with van der Waals surface area (Å²) in [6.07, 6.45) is 8.25. The molecule has 0 unspecified atom stereocenters. The molecule has 1 spiro atoms. The van der Waals surface area contributed by atoms with Crippen molar-refractivity contribution in [3.05, 3.63) is 18.0 Å². The van der Waals surface area contributed by atoms with E-state index in [0.29, 0.717) is 19.6 Å². The van der Waals surface area contributed by atoms with Crippen LogP contribution in [0.1, 0.15) is 38.2 Å². The van der Waals surface area contributed by atoms with Crippen molar-refractivity contribution in [2.45, 2.75) is 44.6 Å². The van der Waals surface area contributed by atoms with E-state index in [4.69, 9.17) is 4.74 Å². The van der Waals surface area contributed by atoms with E-state index in [1.165, 1.54) is 5.56 Å². The summed E-state index contributed by atoms with van der Waals surface area (Å²) in [4.78, 5) is 22.6. The lowest BCUT2D eigenvalue weighted by molar-refractivity contribution is -0.120. The number of aromatic nitrogens is 2. The highest BCUT2D eigenvalue weighted by molar-refractivity contribution is 5.76. The number of hydrogen-bond acceptors (Lipinski definition) is 5. The SMILES string of the molecule is CCCc1cnc(N2CCC3(CC2)CNC(=O)CCO3)nc1. The lowest BCUT2D eigenvalue weighted by Crippen LogP contribution is -2.51. The topological polar surface area (TPSA) is 67.4 Å². The van der Waals surface area contributed by atoms with Crippen molar-refractivity contribution < 1.29 is 9.53 Å². The van der Waals surface area contributed by atoms with Crippen LogP contribution < -0.4 is 10.2 Å². The van der Waals surface area contributed by atoms with Crippen molar-refractivity contribution in [2.24, 2.45) is 0 Å². The van der Waals surface area contributed by atoms with Crippen LogP contribution in [0.3, 0.4) is 0 Å². The fraction of sp³-hybridized carbons (Fsp3) is 0.688. The summed E-state index contributed by atoms with van der Waals surface area (Å²) in [6.45, 7) is 5.03. The minimum atomic E-state index is -0.204. The van der Waals surface area contributed by atoms with Gasteiger partial charge in [0.1, 0.15) is 0 Å². The molecule has 1 amide bonds. The zero-order valence-corrected chi connectivity index (χ0v) is 13.2. The van der Waals surface area contributed by atoms with Crippen LogP contribution in [0.5, 0.6) is 0 Å². The summed E-state index contributed by atoms with van der Waals surface area (Å²) < 4.78 is 5.99. The van der Waals surface area contributed by atoms with Gasteiger partial charge in [-0.15, -0.1) is 0 Å². The molecule has 2 aliphatic rings. The zero-order valence-electron chi connectivity index (χ0n) is 13.2. The van der Waals surface area contributed by atoms with E-state index in [0.717, 1.165) is 44.7 Å². The number of carbonyl (C=O) groups is 1. The molecule has 1 aromatic rings. The Balaban J connectivity index is 1.60. The van der Waals surface area contributed by atoms with Crippen LogP contribution in [0.2, 0.25) is 0 Å². The van der Waals surface area contributed by atoms with E-state index < -0.39 is 0 Å².